The van der Waals surface area contributed by atoms with Crippen molar-refractivity contribution in [2.45, 2.75) is 78.0 Å². The molecule has 2 N–H and O–H groups in total. The third-order valence-electron chi connectivity index (χ3n) is 8.15. The summed E-state index contributed by atoms with van der Waals surface area (Å²) in [6.07, 6.45) is 1.71. The number of nitrogens with zero attached hydrogens (tertiary/aromatic N) is 1. The van der Waals surface area contributed by atoms with E-state index in [1.807, 2.05) is 6.92 Å². The number of fused-ring (bicyclic) bond motifs is 1. The van der Waals surface area contributed by atoms with Gasteiger partial charge >= 0.3 is 0 Å². The molecular weight excluding hydrogens is 514 g/mol. The number of anilines is 1. The summed E-state index contributed by atoms with van der Waals surface area (Å²) in [4.78, 5) is 15.2. The average molecular weight is 550 g/mol. The number of allylic oxidation sites excluding steroid dienone is 1. The van der Waals surface area contributed by atoms with E-state index in [1.165, 1.54) is 0 Å². The fraction of sp³-hybridized carbons (Fsp3) is 0.444. The maximum absolute atomic E-state index is 13.6. The van der Waals surface area contributed by atoms with Crippen LogP contribution in [-0.4, -0.2) is 38.8 Å². The standard InChI is InChI=1S/C27H35NO7S2/c1-12-16(5)25(29)21(23-13(2)17(6)27(37(33,34)35)20(9)22(12)23)11-28(10)24-14(3)18(7)26(36(30,31)32)19(8)15(24)4/h11-12,16H,1-10H3,(H,30,31,32)(H,33,34,35)/b21-11-. The van der Waals surface area contributed by atoms with Crippen LogP contribution in [0.25, 0.3) is 5.57 Å². The maximum Gasteiger partial charge on any atom is 0.295 e. The third kappa shape index (κ3) is 4.54. The highest BCUT2D eigenvalue weighted by Crippen LogP contribution is 2.46. The molecule has 1 aliphatic carbocycles. The first-order valence-corrected chi connectivity index (χ1v) is 14.8. The summed E-state index contributed by atoms with van der Waals surface area (Å²) in [6, 6.07) is 0. The molecule has 0 bridgehead atoms. The summed E-state index contributed by atoms with van der Waals surface area (Å²) < 4.78 is 68.3. The van der Waals surface area contributed by atoms with Crippen LogP contribution in [0.15, 0.2) is 16.0 Å². The Balaban J connectivity index is 2.40. The van der Waals surface area contributed by atoms with Gasteiger partial charge in [0.1, 0.15) is 9.79 Å². The fourth-order valence-electron chi connectivity index (χ4n) is 5.86. The molecule has 0 saturated heterocycles. The molecule has 2 atom stereocenters. The van der Waals surface area contributed by atoms with Crippen molar-refractivity contribution in [2.24, 2.45) is 5.92 Å². The van der Waals surface area contributed by atoms with E-state index in [9.17, 15) is 30.7 Å². The molecule has 0 heterocycles. The van der Waals surface area contributed by atoms with Gasteiger partial charge in [0.25, 0.3) is 20.2 Å². The Labute approximate surface area is 219 Å². The number of hydrogen-bond donors (Lipinski definition) is 2. The zero-order valence-electron chi connectivity index (χ0n) is 22.9. The summed E-state index contributed by atoms with van der Waals surface area (Å²) in [6.45, 7) is 15.5. The van der Waals surface area contributed by atoms with Crippen molar-refractivity contribution in [3.8, 4) is 0 Å². The van der Waals surface area contributed by atoms with Gasteiger partial charge in [0, 0.05) is 30.4 Å². The highest BCUT2D eigenvalue weighted by Gasteiger charge is 2.39. The van der Waals surface area contributed by atoms with Crippen LogP contribution in [0.5, 0.6) is 0 Å². The van der Waals surface area contributed by atoms with Crippen molar-refractivity contribution in [2.75, 3.05) is 11.9 Å². The molecule has 0 radical (unpaired) electrons. The molecule has 8 nitrogen and oxygen atoms in total. The molecule has 2 aromatic carbocycles. The van der Waals surface area contributed by atoms with Crippen molar-refractivity contribution in [3.63, 3.8) is 0 Å². The molecule has 0 aromatic heterocycles. The Kier molecular flexibility index (Phi) is 7.33. The molecule has 0 fully saturated rings. The van der Waals surface area contributed by atoms with Gasteiger partial charge in [-0.15, -0.1) is 0 Å². The summed E-state index contributed by atoms with van der Waals surface area (Å²) in [5, 5.41) is 0. The molecular formula is C27H35NO7S2. The number of ketones is 1. The van der Waals surface area contributed by atoms with E-state index in [0.717, 1.165) is 0 Å². The van der Waals surface area contributed by atoms with Crippen LogP contribution >= 0.6 is 0 Å². The number of rotatable bonds is 4. The number of carbonyl (C=O) groups is 1. The van der Waals surface area contributed by atoms with Gasteiger partial charge in [-0.05, 0) is 104 Å². The lowest BCUT2D eigenvalue weighted by Gasteiger charge is -2.35. The average Bonchev–Trinajstić information content (AvgIpc) is 2.75. The minimum absolute atomic E-state index is 0.0911. The van der Waals surface area contributed by atoms with Crippen LogP contribution in [0.2, 0.25) is 0 Å². The second-order valence-corrected chi connectivity index (χ2v) is 12.9. The maximum atomic E-state index is 13.6. The molecule has 0 spiro atoms. The Morgan fingerprint density at radius 3 is 1.51 bits per heavy atom. The first kappa shape index (κ1) is 29.0. The second kappa shape index (κ2) is 9.34. The minimum Gasteiger partial charge on any atom is -0.350 e. The van der Waals surface area contributed by atoms with Crippen molar-refractivity contribution < 1.29 is 30.7 Å². The van der Waals surface area contributed by atoms with Gasteiger partial charge in [-0.1, -0.05) is 13.8 Å². The normalized spacial score (nSPS) is 19.4. The molecule has 0 amide bonds. The molecule has 37 heavy (non-hydrogen) atoms. The first-order valence-electron chi connectivity index (χ1n) is 11.9. The van der Waals surface area contributed by atoms with Crippen LogP contribution in [-0.2, 0) is 25.0 Å². The predicted molar refractivity (Wildman–Crippen MR) is 145 cm³/mol. The largest absolute Gasteiger partial charge is 0.350 e. The second-order valence-electron chi connectivity index (χ2n) is 10.2. The van der Waals surface area contributed by atoms with E-state index in [1.54, 1.807) is 73.5 Å². The van der Waals surface area contributed by atoms with Crippen LogP contribution in [0.1, 0.15) is 69.8 Å². The smallest absolute Gasteiger partial charge is 0.295 e. The molecule has 3 rings (SSSR count). The molecule has 202 valence electrons. The van der Waals surface area contributed by atoms with Crippen LogP contribution < -0.4 is 4.90 Å². The van der Waals surface area contributed by atoms with E-state index in [2.05, 4.69) is 0 Å². The van der Waals surface area contributed by atoms with Gasteiger partial charge in [-0.3, -0.25) is 13.9 Å². The SMILES string of the molecule is Cc1c(C)c(S(=O)(=O)O)c(C)c2c1/C(=C/N(C)c1c(C)c(C)c(S(=O)(=O)O)c(C)c1C)C(=O)C(C)C2C. The number of Topliss-reactive ketones (excluding diaryl/α,β-unsaturated/α-hetero) is 1. The topological polar surface area (TPSA) is 129 Å². The Bertz CT molecular complexity index is 1570. The zero-order chi connectivity index (χ0) is 28.5. The lowest BCUT2D eigenvalue weighted by molar-refractivity contribution is -0.117. The van der Waals surface area contributed by atoms with Crippen LogP contribution in [0.3, 0.4) is 0 Å². The van der Waals surface area contributed by atoms with Crippen molar-refractivity contribution in [1.29, 1.82) is 0 Å². The predicted octanol–water partition coefficient (Wildman–Crippen LogP) is 5.14. The van der Waals surface area contributed by atoms with E-state index >= 15 is 0 Å². The fourth-order valence-corrected chi connectivity index (χ4v) is 7.98. The van der Waals surface area contributed by atoms with Gasteiger partial charge in [-0.25, -0.2) is 0 Å². The quantitative estimate of drug-likeness (QED) is 0.396. The highest BCUT2D eigenvalue weighted by atomic mass is 32.2. The Morgan fingerprint density at radius 1 is 0.676 bits per heavy atom. The molecule has 10 heteroatoms. The van der Waals surface area contributed by atoms with Gasteiger partial charge in [0.15, 0.2) is 5.78 Å². The van der Waals surface area contributed by atoms with E-state index < -0.39 is 26.2 Å². The van der Waals surface area contributed by atoms with Crippen LogP contribution in [0, 0.1) is 54.4 Å². The van der Waals surface area contributed by atoms with Gasteiger partial charge < -0.3 is 4.90 Å². The van der Waals surface area contributed by atoms with Gasteiger partial charge in [-0.2, -0.15) is 16.8 Å². The van der Waals surface area contributed by atoms with Crippen LogP contribution in [0.4, 0.5) is 5.69 Å². The van der Waals surface area contributed by atoms with E-state index in [0.29, 0.717) is 61.3 Å². The summed E-state index contributed by atoms with van der Waals surface area (Å²) in [5.41, 5.74) is 6.04. The molecule has 0 aliphatic heterocycles. The Morgan fingerprint density at radius 2 is 1.08 bits per heavy atom. The summed E-state index contributed by atoms with van der Waals surface area (Å²) in [7, 11) is -7.14. The van der Waals surface area contributed by atoms with E-state index in [4.69, 9.17) is 0 Å². The molecule has 2 unspecified atom stereocenters. The first-order chi connectivity index (χ1) is 16.7. The van der Waals surface area contributed by atoms with E-state index in [-0.39, 0.29) is 21.5 Å². The van der Waals surface area contributed by atoms with Crippen molar-refractivity contribution in [1.82, 2.24) is 0 Å². The number of benzene rings is 2. The highest BCUT2D eigenvalue weighted by molar-refractivity contribution is 7.86. The number of carbonyl (C=O) groups excluding carboxylic acids is 1. The molecule has 1 aliphatic rings. The summed E-state index contributed by atoms with van der Waals surface area (Å²) >= 11 is 0. The lowest BCUT2D eigenvalue weighted by Crippen LogP contribution is -2.30. The zero-order valence-corrected chi connectivity index (χ0v) is 24.6. The molecule has 2 aromatic rings. The van der Waals surface area contributed by atoms with Gasteiger partial charge in [0.05, 0.1) is 0 Å². The Hall–Kier alpha value is -2.53. The lowest BCUT2D eigenvalue weighted by atomic mass is 9.70. The van der Waals surface area contributed by atoms with Gasteiger partial charge in [0.2, 0.25) is 0 Å². The minimum atomic E-state index is -4.48. The van der Waals surface area contributed by atoms with Crippen molar-refractivity contribution in [3.05, 3.63) is 56.3 Å². The summed E-state index contributed by atoms with van der Waals surface area (Å²) in [5.74, 6) is -0.798. The van der Waals surface area contributed by atoms with Crippen molar-refractivity contribution >= 4 is 37.3 Å². The monoisotopic (exact) mass is 549 g/mol. The molecule has 0 saturated carbocycles. The number of hydrogen-bond acceptors (Lipinski definition) is 6. The third-order valence-corrected chi connectivity index (χ3v) is 10.4.